The summed E-state index contributed by atoms with van der Waals surface area (Å²) < 4.78 is 32.5. The van der Waals surface area contributed by atoms with Crippen molar-refractivity contribution in [3.63, 3.8) is 0 Å². The van der Waals surface area contributed by atoms with E-state index in [1.165, 1.54) is 96.3 Å². The zero-order chi connectivity index (χ0) is 33.3. The number of rotatable bonds is 34. The Morgan fingerprint density at radius 2 is 1.11 bits per heavy atom. The highest BCUT2D eigenvalue weighted by molar-refractivity contribution is 7.47. The molecule has 0 saturated heterocycles. The summed E-state index contributed by atoms with van der Waals surface area (Å²) in [5, 5.41) is 0. The Kier molecular flexibility index (Phi) is 31.8. The fourth-order valence-corrected chi connectivity index (χ4v) is 5.67. The largest absolute Gasteiger partial charge is 0.472 e. The summed E-state index contributed by atoms with van der Waals surface area (Å²) in [7, 11) is -4.36. The van der Waals surface area contributed by atoms with Crippen molar-refractivity contribution in [3.8, 4) is 0 Å². The average molecular weight is 662 g/mol. The van der Waals surface area contributed by atoms with Crippen molar-refractivity contribution >= 4 is 19.8 Å². The summed E-state index contributed by atoms with van der Waals surface area (Å²) in [6.45, 7) is 3.67. The van der Waals surface area contributed by atoms with Crippen LogP contribution in [-0.2, 0) is 32.7 Å². The van der Waals surface area contributed by atoms with Crippen molar-refractivity contribution in [2.75, 3.05) is 26.4 Å². The molecule has 0 radical (unpaired) electrons. The molecule has 0 saturated carbocycles. The van der Waals surface area contributed by atoms with Gasteiger partial charge < -0.3 is 20.1 Å². The smallest absolute Gasteiger partial charge is 0.462 e. The van der Waals surface area contributed by atoms with E-state index in [9.17, 15) is 19.0 Å². The van der Waals surface area contributed by atoms with Crippen LogP contribution in [0.25, 0.3) is 0 Å². The predicted octanol–water partition coefficient (Wildman–Crippen LogP) is 9.49. The van der Waals surface area contributed by atoms with Crippen molar-refractivity contribution in [1.82, 2.24) is 0 Å². The molecular weight excluding hydrogens is 593 g/mol. The fraction of sp³-hybridized carbons (Fsp3) is 0.886. The van der Waals surface area contributed by atoms with E-state index in [4.69, 9.17) is 24.3 Å². The van der Waals surface area contributed by atoms with Gasteiger partial charge in [-0.25, -0.2) is 4.57 Å². The van der Waals surface area contributed by atoms with Gasteiger partial charge in [0.05, 0.1) is 13.2 Å². The molecule has 0 aliphatic carbocycles. The lowest BCUT2D eigenvalue weighted by Gasteiger charge is -2.19. The maximum Gasteiger partial charge on any atom is 0.472 e. The zero-order valence-electron chi connectivity index (χ0n) is 28.9. The Labute approximate surface area is 275 Å². The molecule has 0 amide bonds. The van der Waals surface area contributed by atoms with Gasteiger partial charge in [0, 0.05) is 19.4 Å². The van der Waals surface area contributed by atoms with E-state index in [1.54, 1.807) is 0 Å². The van der Waals surface area contributed by atoms with E-state index in [-0.39, 0.29) is 38.6 Å². The first-order valence-corrected chi connectivity index (χ1v) is 19.7. The van der Waals surface area contributed by atoms with Gasteiger partial charge in [-0.2, -0.15) is 0 Å². The summed E-state index contributed by atoms with van der Waals surface area (Å²) in [4.78, 5) is 34.6. The molecule has 0 aromatic rings. The molecule has 9 nitrogen and oxygen atoms in total. The third kappa shape index (κ3) is 32.5. The Morgan fingerprint density at radius 1 is 0.644 bits per heavy atom. The predicted molar refractivity (Wildman–Crippen MR) is 183 cm³/mol. The van der Waals surface area contributed by atoms with Crippen molar-refractivity contribution in [2.24, 2.45) is 5.73 Å². The van der Waals surface area contributed by atoms with Crippen molar-refractivity contribution < 1.29 is 37.6 Å². The van der Waals surface area contributed by atoms with Gasteiger partial charge in [0.1, 0.15) is 6.61 Å². The maximum absolute atomic E-state index is 12.5. The van der Waals surface area contributed by atoms with Gasteiger partial charge >= 0.3 is 19.8 Å². The number of phosphoric ester groups is 1. The van der Waals surface area contributed by atoms with Gasteiger partial charge in [-0.05, 0) is 32.1 Å². The van der Waals surface area contributed by atoms with Crippen LogP contribution in [0.1, 0.15) is 168 Å². The third-order valence-corrected chi connectivity index (χ3v) is 8.64. The second-order valence-corrected chi connectivity index (χ2v) is 13.5. The molecule has 10 heteroatoms. The number of nitrogens with two attached hydrogens (primary N) is 1. The first kappa shape index (κ1) is 43.8. The van der Waals surface area contributed by atoms with Gasteiger partial charge in [0.2, 0.25) is 0 Å². The minimum atomic E-state index is -4.36. The first-order chi connectivity index (χ1) is 21.8. The molecule has 3 N–H and O–H groups in total. The lowest BCUT2D eigenvalue weighted by atomic mass is 10.1. The molecule has 0 fully saturated rings. The van der Waals surface area contributed by atoms with Crippen molar-refractivity contribution in [1.29, 1.82) is 0 Å². The fourth-order valence-electron chi connectivity index (χ4n) is 4.91. The topological polar surface area (TPSA) is 134 Å². The van der Waals surface area contributed by atoms with Crippen LogP contribution < -0.4 is 5.73 Å². The van der Waals surface area contributed by atoms with Gasteiger partial charge in [-0.3, -0.25) is 18.6 Å². The summed E-state index contributed by atoms with van der Waals surface area (Å²) >= 11 is 0. The summed E-state index contributed by atoms with van der Waals surface area (Å²) in [6.07, 6.45) is 29.6. The first-order valence-electron chi connectivity index (χ1n) is 18.2. The molecule has 0 aromatic heterocycles. The molecule has 0 heterocycles. The number of hydrogen-bond donors (Lipinski definition) is 2. The highest BCUT2D eigenvalue weighted by atomic mass is 31.2. The molecule has 0 aliphatic heterocycles. The normalized spacial score (nSPS) is 13.6. The minimum absolute atomic E-state index is 0.0554. The standard InChI is InChI=1S/C35H68NO8P/c1-3-5-7-9-11-13-14-15-16-17-18-20-22-24-26-28-35(38)44-33(32-43-45(39,40)42-30-29-36)31-41-34(37)27-25-23-21-19-12-10-8-6-4-2/h9,11,33H,3-8,10,12-32,36H2,1-2H3,(H,39,40)/b11-9+/t33-/m1/s1. The molecule has 266 valence electrons. The molecule has 0 aromatic carbocycles. The van der Waals surface area contributed by atoms with Crippen LogP contribution >= 0.6 is 7.82 Å². The number of ether oxygens (including phenoxy) is 2. The lowest BCUT2D eigenvalue weighted by Crippen LogP contribution is -2.29. The van der Waals surface area contributed by atoms with Crippen LogP contribution in [0.2, 0.25) is 0 Å². The molecule has 0 bridgehead atoms. The molecule has 45 heavy (non-hydrogen) atoms. The Hall–Kier alpha value is -1.25. The molecule has 0 spiro atoms. The number of carbonyl (C=O) groups is 2. The minimum Gasteiger partial charge on any atom is -0.462 e. The van der Waals surface area contributed by atoms with E-state index >= 15 is 0 Å². The van der Waals surface area contributed by atoms with E-state index in [0.717, 1.165) is 38.5 Å². The van der Waals surface area contributed by atoms with Crippen LogP contribution in [0, 0.1) is 0 Å². The molecular formula is C35H68NO8P. The van der Waals surface area contributed by atoms with Crippen LogP contribution in [0.5, 0.6) is 0 Å². The number of carbonyl (C=O) groups excluding carboxylic acids is 2. The number of unbranched alkanes of at least 4 members (excludes halogenated alkanes) is 19. The van der Waals surface area contributed by atoms with Crippen LogP contribution in [0.4, 0.5) is 0 Å². The average Bonchev–Trinajstić information content (AvgIpc) is 3.02. The second-order valence-electron chi connectivity index (χ2n) is 12.1. The van der Waals surface area contributed by atoms with Gasteiger partial charge in [-0.1, -0.05) is 135 Å². The van der Waals surface area contributed by atoms with E-state index in [1.807, 2.05) is 0 Å². The van der Waals surface area contributed by atoms with Crippen LogP contribution in [0.15, 0.2) is 12.2 Å². The number of hydrogen-bond acceptors (Lipinski definition) is 8. The van der Waals surface area contributed by atoms with Crippen LogP contribution in [0.3, 0.4) is 0 Å². The van der Waals surface area contributed by atoms with Gasteiger partial charge in [0.15, 0.2) is 6.10 Å². The second kappa shape index (κ2) is 32.7. The number of esters is 2. The lowest BCUT2D eigenvalue weighted by molar-refractivity contribution is -0.161. The van der Waals surface area contributed by atoms with E-state index in [2.05, 4.69) is 26.0 Å². The summed E-state index contributed by atoms with van der Waals surface area (Å²) in [6, 6.07) is 0. The van der Waals surface area contributed by atoms with E-state index < -0.39 is 26.5 Å². The van der Waals surface area contributed by atoms with Crippen molar-refractivity contribution in [3.05, 3.63) is 12.2 Å². The highest BCUT2D eigenvalue weighted by Crippen LogP contribution is 2.43. The SMILES string of the molecule is CCCC/C=C/CCCCCCCCCCCC(=O)O[C@H](COC(=O)CCCCCCCCCCC)COP(=O)(O)OCCN. The molecule has 0 aliphatic rings. The van der Waals surface area contributed by atoms with Gasteiger partial charge in [0.25, 0.3) is 0 Å². The van der Waals surface area contributed by atoms with Crippen molar-refractivity contribution in [2.45, 2.75) is 174 Å². The maximum atomic E-state index is 12.5. The Bertz CT molecular complexity index is 764. The van der Waals surface area contributed by atoms with Gasteiger partial charge in [-0.15, -0.1) is 0 Å². The summed E-state index contributed by atoms with van der Waals surface area (Å²) in [5.41, 5.74) is 5.32. The Balaban J connectivity index is 4.21. The highest BCUT2D eigenvalue weighted by Gasteiger charge is 2.25. The number of allylic oxidation sites excluding steroid dienone is 2. The summed E-state index contributed by atoms with van der Waals surface area (Å²) in [5.74, 6) is -0.831. The molecule has 2 atom stereocenters. The van der Waals surface area contributed by atoms with Crippen LogP contribution in [-0.4, -0.2) is 49.3 Å². The Morgan fingerprint density at radius 3 is 1.64 bits per heavy atom. The number of phosphoric acid groups is 1. The molecule has 1 unspecified atom stereocenters. The third-order valence-electron chi connectivity index (χ3n) is 7.65. The quantitative estimate of drug-likeness (QED) is 0.0299. The molecule has 0 rings (SSSR count). The van der Waals surface area contributed by atoms with E-state index in [0.29, 0.717) is 6.42 Å². The zero-order valence-corrected chi connectivity index (χ0v) is 29.8. The monoisotopic (exact) mass is 661 g/mol.